The van der Waals surface area contributed by atoms with E-state index in [4.69, 9.17) is 19.2 Å². The summed E-state index contributed by atoms with van der Waals surface area (Å²) >= 11 is 1.57. The second-order valence-corrected chi connectivity index (χ2v) is 20.9. The van der Waals surface area contributed by atoms with Gasteiger partial charge in [0.15, 0.2) is 0 Å². The first-order valence-electron chi connectivity index (χ1n) is 25.1. The Labute approximate surface area is 433 Å². The van der Waals surface area contributed by atoms with E-state index in [1.54, 1.807) is 28.3 Å². The molecule has 74 heavy (non-hydrogen) atoms. The number of thiazole rings is 1. The van der Waals surface area contributed by atoms with Crippen LogP contribution in [-0.4, -0.2) is 153 Å². The van der Waals surface area contributed by atoms with Crippen molar-refractivity contribution in [3.63, 3.8) is 0 Å². The van der Waals surface area contributed by atoms with E-state index in [1.807, 2.05) is 94.9 Å². The quantitative estimate of drug-likeness (QED) is 0.0491. The summed E-state index contributed by atoms with van der Waals surface area (Å²) in [6, 6.07) is 17.1. The zero-order valence-electron chi connectivity index (χ0n) is 42.6. The number of benzene rings is 3. The lowest BCUT2D eigenvalue weighted by atomic mass is 9.85. The molecular formula is C53H67N11O9S. The second-order valence-electron chi connectivity index (χ2n) is 20.1. The number of fused-ring (bicyclic) bond motifs is 2. The highest BCUT2D eigenvalue weighted by molar-refractivity contribution is 7.13. The average Bonchev–Trinajstić information content (AvgIpc) is 4.24. The summed E-state index contributed by atoms with van der Waals surface area (Å²) in [6.45, 7) is 11.3. The van der Waals surface area contributed by atoms with Gasteiger partial charge in [-0.15, -0.1) is 11.3 Å². The zero-order chi connectivity index (χ0) is 52.4. The van der Waals surface area contributed by atoms with Gasteiger partial charge in [-0.1, -0.05) is 45.0 Å². The third-order valence-corrected chi connectivity index (χ3v) is 14.3. The zero-order valence-corrected chi connectivity index (χ0v) is 43.5. The van der Waals surface area contributed by atoms with Crippen LogP contribution in [0.25, 0.3) is 32.4 Å². The Morgan fingerprint density at radius 3 is 2.45 bits per heavy atom. The number of rotatable bonds is 23. The number of nitrogens with zero attached hydrogens (tertiary/aromatic N) is 6. The van der Waals surface area contributed by atoms with Crippen LogP contribution in [0.3, 0.4) is 0 Å². The minimum Gasteiger partial charge on any atom is -0.391 e. The molecule has 2 saturated heterocycles. The van der Waals surface area contributed by atoms with Gasteiger partial charge in [0.25, 0.3) is 5.91 Å². The number of aryl methyl sites for hydroxylation is 2. The maximum absolute atomic E-state index is 13.9. The van der Waals surface area contributed by atoms with Crippen LogP contribution in [0.1, 0.15) is 67.5 Å². The van der Waals surface area contributed by atoms with Gasteiger partial charge >= 0.3 is 0 Å². The Kier molecular flexibility index (Phi) is 17.8. The van der Waals surface area contributed by atoms with Crippen molar-refractivity contribution in [3.05, 3.63) is 95.0 Å². The number of hydrogen-bond donors (Lipinski definition) is 6. The molecule has 6 aromatic rings. The molecule has 2 aliphatic rings. The highest BCUT2D eigenvalue weighted by atomic mass is 32.1. The lowest BCUT2D eigenvalue weighted by Gasteiger charge is -2.35. The van der Waals surface area contributed by atoms with Crippen molar-refractivity contribution >= 4 is 68.5 Å². The molecule has 0 radical (unpaired) electrons. The minimum absolute atomic E-state index is 0.0201. The highest BCUT2D eigenvalue weighted by Crippen LogP contribution is 2.29. The number of H-pyrrole nitrogens is 1. The summed E-state index contributed by atoms with van der Waals surface area (Å²) < 4.78 is 18.5. The van der Waals surface area contributed by atoms with Crippen LogP contribution in [0.2, 0.25) is 0 Å². The second kappa shape index (κ2) is 24.6. The molecule has 5 heterocycles. The fraction of sp³-hybridized carbons (Fsp3) is 0.472. The number of likely N-dealkylation sites (tertiary alicyclic amines) is 2. The summed E-state index contributed by atoms with van der Waals surface area (Å²) in [5.41, 5.74) is 7.79. The third-order valence-electron chi connectivity index (χ3n) is 13.3. The summed E-state index contributed by atoms with van der Waals surface area (Å²) in [6.07, 6.45) is 2.29. The number of hydrogen-bond acceptors (Lipinski definition) is 14. The number of aromatic nitrogens is 5. The summed E-state index contributed by atoms with van der Waals surface area (Å²) in [5, 5.41) is 27.3. The Bertz CT molecular complexity index is 2910. The molecule has 2 fully saturated rings. The van der Waals surface area contributed by atoms with Gasteiger partial charge in [-0.3, -0.25) is 33.6 Å². The lowest BCUT2D eigenvalue weighted by Crippen LogP contribution is -2.58. The van der Waals surface area contributed by atoms with Crippen LogP contribution >= 0.6 is 11.3 Å². The van der Waals surface area contributed by atoms with Gasteiger partial charge in [0.1, 0.15) is 24.5 Å². The fourth-order valence-corrected chi connectivity index (χ4v) is 10.2. The molecule has 8 rings (SSSR count). The van der Waals surface area contributed by atoms with Gasteiger partial charge in [-0.25, -0.2) is 9.97 Å². The highest BCUT2D eigenvalue weighted by Gasteiger charge is 2.44. The molecule has 5 amide bonds. The van der Waals surface area contributed by atoms with Crippen LogP contribution in [0.15, 0.2) is 72.4 Å². The van der Waals surface area contributed by atoms with E-state index < -0.39 is 35.4 Å². The summed E-state index contributed by atoms with van der Waals surface area (Å²) in [7, 11) is 1.86. The van der Waals surface area contributed by atoms with Crippen LogP contribution < -0.4 is 21.3 Å². The van der Waals surface area contributed by atoms with Crippen molar-refractivity contribution in [1.82, 2.24) is 50.5 Å². The molecular weight excluding hydrogens is 967 g/mol. The number of carbonyl (C=O) groups excluding carboxylic acids is 5. The number of carbonyl (C=O) groups is 5. The number of aliphatic hydroxyl groups is 1. The van der Waals surface area contributed by atoms with Crippen LogP contribution in [-0.2, 0) is 53.5 Å². The maximum atomic E-state index is 13.9. The minimum atomic E-state index is -0.977. The average molecular weight is 1030 g/mol. The van der Waals surface area contributed by atoms with Crippen molar-refractivity contribution in [2.24, 2.45) is 18.4 Å². The molecule has 2 unspecified atom stereocenters. The monoisotopic (exact) mass is 1030 g/mol. The van der Waals surface area contributed by atoms with Crippen molar-refractivity contribution in [2.45, 2.75) is 78.2 Å². The van der Waals surface area contributed by atoms with Gasteiger partial charge in [-0.05, 0) is 78.7 Å². The predicted molar refractivity (Wildman–Crippen MR) is 280 cm³/mol. The maximum Gasteiger partial charge on any atom is 0.255 e. The summed E-state index contributed by atoms with van der Waals surface area (Å²) in [5.74, 6) is -0.501. The van der Waals surface area contributed by atoms with Gasteiger partial charge in [-0.2, -0.15) is 5.10 Å². The normalized spacial score (nSPS) is 17.5. The van der Waals surface area contributed by atoms with Crippen LogP contribution in [0.4, 0.5) is 5.69 Å². The molecule has 0 aliphatic carbocycles. The molecule has 20 nitrogen and oxygen atoms in total. The molecule has 2 aliphatic heterocycles. The molecule has 3 aromatic heterocycles. The van der Waals surface area contributed by atoms with E-state index in [2.05, 4.69) is 41.2 Å². The van der Waals surface area contributed by atoms with E-state index in [-0.39, 0.29) is 63.0 Å². The molecule has 0 bridgehead atoms. The van der Waals surface area contributed by atoms with E-state index in [0.29, 0.717) is 50.6 Å². The Hall–Kier alpha value is -6.62. The third kappa shape index (κ3) is 14.2. The van der Waals surface area contributed by atoms with Gasteiger partial charge in [0.05, 0.1) is 84.5 Å². The number of anilines is 1. The molecule has 4 atom stereocenters. The topological polar surface area (TPSA) is 247 Å². The first-order chi connectivity index (χ1) is 35.6. The van der Waals surface area contributed by atoms with Gasteiger partial charge < -0.3 is 50.5 Å². The van der Waals surface area contributed by atoms with E-state index in [0.717, 1.165) is 69.0 Å². The lowest BCUT2D eigenvalue weighted by molar-refractivity contribution is -0.144. The van der Waals surface area contributed by atoms with Gasteiger partial charge in [0, 0.05) is 62.7 Å². The van der Waals surface area contributed by atoms with E-state index in [9.17, 15) is 29.1 Å². The Morgan fingerprint density at radius 1 is 0.919 bits per heavy atom. The van der Waals surface area contributed by atoms with E-state index in [1.165, 1.54) is 4.90 Å². The molecule has 0 spiro atoms. The molecule has 3 aromatic carbocycles. The van der Waals surface area contributed by atoms with Gasteiger partial charge in [0.2, 0.25) is 23.6 Å². The first kappa shape index (κ1) is 53.7. The van der Waals surface area contributed by atoms with Crippen molar-refractivity contribution in [3.8, 4) is 10.4 Å². The molecule has 394 valence electrons. The van der Waals surface area contributed by atoms with Crippen molar-refractivity contribution in [1.29, 1.82) is 0 Å². The smallest absolute Gasteiger partial charge is 0.255 e. The van der Waals surface area contributed by atoms with Crippen molar-refractivity contribution < 1.29 is 43.3 Å². The number of nitrogens with one attached hydrogen (secondary N) is 5. The number of ether oxygens (including phenoxy) is 3. The Balaban J connectivity index is 0.657. The predicted octanol–water partition coefficient (Wildman–Crippen LogP) is 4.32. The van der Waals surface area contributed by atoms with E-state index >= 15 is 0 Å². The van der Waals surface area contributed by atoms with Crippen LogP contribution in [0, 0.1) is 18.3 Å². The SMILES string of the molecule is Cc1ncsc1-c1ccc(CNC(=O)[C@@H]2C[C@@H](O)CN2C(=O)C(NC(=O)COCCOCCOCCNC(=O)CC2CCN(Cc3nc4cc(NC(=O)c5ccc6c(cnn6C)c5)ccc4[nH]3)C2)C(C)(C)C)cc1. The number of aliphatic hydroxyl groups excluding tert-OH is 1. The van der Waals surface area contributed by atoms with Crippen molar-refractivity contribution in [2.75, 3.05) is 71.1 Å². The Morgan fingerprint density at radius 2 is 1.69 bits per heavy atom. The first-order valence-corrected chi connectivity index (χ1v) is 25.9. The number of β-amino-alcohol motifs (C(OH)–C–C–N with tert-alkyl or cyclic N) is 1. The summed E-state index contributed by atoms with van der Waals surface area (Å²) in [4.78, 5) is 83.3. The number of aromatic amines is 1. The molecule has 21 heteroatoms. The number of amides is 5. The molecule has 0 saturated carbocycles. The fourth-order valence-electron chi connectivity index (χ4n) is 9.34. The molecule has 6 N–H and O–H groups in total. The number of imidazole rings is 1. The largest absolute Gasteiger partial charge is 0.391 e. The standard InChI is InChI=1S/C53H67N11O9S/c1-33-48(74-32-56-33)36-8-6-34(7-9-36)26-55-51(69)44-25-40(65)29-64(44)52(70)49(53(2,3)4)61-47(67)31-73-21-20-72-19-18-71-17-15-54-46(66)22-35-14-16-63(28-35)30-45-59-41-12-11-39(24-42(41)60-45)58-50(68)37-10-13-43-38(23-37)27-57-62(43)5/h6-13,23-24,27,32,35,40,44,49,65H,14-22,25-26,28-31H2,1-5H3,(H,54,66)(H,55,69)(H,58,68)(H,59,60)(H,61,67)/t35?,40-,44+,49?/m1/s1. The van der Waals surface area contributed by atoms with Crippen LogP contribution in [0.5, 0.6) is 0 Å².